The smallest absolute Gasteiger partial charge is 0.255 e. The molecule has 0 aliphatic heterocycles. The lowest BCUT2D eigenvalue weighted by molar-refractivity contribution is 0.102. The highest BCUT2D eigenvalue weighted by molar-refractivity contribution is 9.10. The minimum atomic E-state index is -0.133. The molecule has 0 aliphatic carbocycles. The summed E-state index contributed by atoms with van der Waals surface area (Å²) in [4.78, 5) is 18.8. The molecule has 1 aromatic heterocycles. The average Bonchev–Trinajstić information content (AvgIpc) is 2.52. The van der Waals surface area contributed by atoms with Crippen molar-refractivity contribution in [3.8, 4) is 0 Å². The third-order valence-electron chi connectivity index (χ3n) is 3.52. The third-order valence-corrected chi connectivity index (χ3v) is 4.38. The van der Waals surface area contributed by atoms with Crippen LogP contribution < -0.4 is 10.2 Å². The lowest BCUT2D eigenvalue weighted by atomic mass is 10.2. The predicted molar refractivity (Wildman–Crippen MR) is 94.6 cm³/mol. The Morgan fingerprint density at radius 3 is 2.59 bits per heavy atom. The largest absolute Gasteiger partial charge is 0.357 e. The molecule has 0 radical (unpaired) electrons. The van der Waals surface area contributed by atoms with Crippen molar-refractivity contribution in [3.63, 3.8) is 0 Å². The fourth-order valence-corrected chi connectivity index (χ4v) is 2.53. The molecule has 0 unspecified atom stereocenters. The van der Waals surface area contributed by atoms with Gasteiger partial charge in [-0.15, -0.1) is 0 Å². The summed E-state index contributed by atoms with van der Waals surface area (Å²) < 4.78 is 0.976. The fourth-order valence-electron chi connectivity index (χ4n) is 2.15. The van der Waals surface area contributed by atoms with E-state index >= 15 is 0 Å². The molecule has 0 spiro atoms. The van der Waals surface area contributed by atoms with Gasteiger partial charge in [0.15, 0.2) is 0 Å². The predicted octanol–water partition coefficient (Wildman–Crippen LogP) is 4.25. The Hall–Kier alpha value is -1.88. The number of hydrogen-bond acceptors (Lipinski definition) is 3. The van der Waals surface area contributed by atoms with E-state index in [1.807, 2.05) is 31.2 Å². The van der Waals surface area contributed by atoms with E-state index in [1.165, 1.54) is 0 Å². The van der Waals surface area contributed by atoms with Crippen LogP contribution in [0, 0.1) is 6.92 Å². The van der Waals surface area contributed by atoms with Gasteiger partial charge in [0.05, 0.1) is 0 Å². The van der Waals surface area contributed by atoms with Crippen LogP contribution in [0.15, 0.2) is 41.0 Å². The Bertz CT molecular complexity index is 669. The molecule has 1 heterocycles. The number of aryl methyl sites for hydroxylation is 1. The number of carbonyl (C=O) groups excluding carboxylic acids is 1. The van der Waals surface area contributed by atoms with Crippen molar-refractivity contribution < 1.29 is 4.79 Å². The zero-order valence-corrected chi connectivity index (χ0v) is 14.6. The molecule has 0 saturated carbocycles. The summed E-state index contributed by atoms with van der Waals surface area (Å²) in [7, 11) is 0. The third kappa shape index (κ3) is 3.85. The molecule has 0 saturated heterocycles. The van der Waals surface area contributed by atoms with Crippen LogP contribution >= 0.6 is 15.9 Å². The second-order valence-electron chi connectivity index (χ2n) is 4.99. The van der Waals surface area contributed by atoms with Gasteiger partial charge in [-0.3, -0.25) is 4.79 Å². The van der Waals surface area contributed by atoms with Gasteiger partial charge in [0.2, 0.25) is 0 Å². The van der Waals surface area contributed by atoms with E-state index in [4.69, 9.17) is 0 Å². The quantitative estimate of drug-likeness (QED) is 0.865. The van der Waals surface area contributed by atoms with Crippen molar-refractivity contribution in [3.05, 3.63) is 52.1 Å². The highest BCUT2D eigenvalue weighted by atomic mass is 79.9. The number of rotatable bonds is 5. The lowest BCUT2D eigenvalue weighted by Gasteiger charge is -2.20. The number of hydrogen-bond donors (Lipinski definition) is 1. The van der Waals surface area contributed by atoms with Crippen molar-refractivity contribution >= 4 is 33.3 Å². The molecule has 1 amide bonds. The molecular weight excluding hydrogens is 342 g/mol. The zero-order valence-electron chi connectivity index (χ0n) is 13.1. The number of nitrogens with zero attached hydrogens (tertiary/aromatic N) is 2. The Balaban J connectivity index is 2.18. The molecule has 4 nitrogen and oxygen atoms in total. The Morgan fingerprint density at radius 1 is 1.23 bits per heavy atom. The van der Waals surface area contributed by atoms with Crippen LogP contribution in [0.25, 0.3) is 0 Å². The summed E-state index contributed by atoms with van der Waals surface area (Å²) in [6.07, 6.45) is 1.67. The molecule has 1 N–H and O–H groups in total. The molecule has 5 heteroatoms. The van der Waals surface area contributed by atoms with Crippen LogP contribution in [-0.2, 0) is 0 Å². The first kappa shape index (κ1) is 16.5. The zero-order chi connectivity index (χ0) is 16.1. The topological polar surface area (TPSA) is 45.2 Å². The van der Waals surface area contributed by atoms with Crippen molar-refractivity contribution in [1.29, 1.82) is 0 Å². The number of nitrogens with one attached hydrogen (secondary N) is 1. The van der Waals surface area contributed by atoms with Crippen molar-refractivity contribution in [1.82, 2.24) is 4.98 Å². The molecule has 2 rings (SSSR count). The lowest BCUT2D eigenvalue weighted by Crippen LogP contribution is -2.23. The SMILES string of the molecule is CCN(CC)c1cc(C(=O)Nc2ccc(C)c(Br)c2)ccn1. The molecule has 116 valence electrons. The second-order valence-corrected chi connectivity index (χ2v) is 5.85. The first-order valence-corrected chi connectivity index (χ1v) is 8.13. The molecular formula is C17H20BrN3O. The van der Waals surface area contributed by atoms with Crippen LogP contribution in [0.5, 0.6) is 0 Å². The monoisotopic (exact) mass is 361 g/mol. The van der Waals surface area contributed by atoms with Crippen LogP contribution in [0.1, 0.15) is 29.8 Å². The number of aromatic nitrogens is 1. The normalized spacial score (nSPS) is 10.4. The van der Waals surface area contributed by atoms with E-state index in [1.54, 1.807) is 12.3 Å². The van der Waals surface area contributed by atoms with E-state index in [2.05, 4.69) is 45.0 Å². The summed E-state index contributed by atoms with van der Waals surface area (Å²) in [5, 5.41) is 2.91. The van der Waals surface area contributed by atoms with Gasteiger partial charge in [0, 0.05) is 35.0 Å². The van der Waals surface area contributed by atoms with E-state index < -0.39 is 0 Å². The Morgan fingerprint density at radius 2 is 1.95 bits per heavy atom. The summed E-state index contributed by atoms with van der Waals surface area (Å²) in [5.74, 6) is 0.689. The first-order valence-electron chi connectivity index (χ1n) is 7.33. The van der Waals surface area contributed by atoms with Gasteiger partial charge in [0.1, 0.15) is 5.82 Å². The van der Waals surface area contributed by atoms with Gasteiger partial charge in [0.25, 0.3) is 5.91 Å². The standard InChI is InChI=1S/C17H20BrN3O/c1-4-21(5-2)16-10-13(8-9-19-16)17(22)20-14-7-6-12(3)15(18)11-14/h6-11H,4-5H2,1-3H3,(H,20,22). The van der Waals surface area contributed by atoms with Crippen molar-refractivity contribution in [2.45, 2.75) is 20.8 Å². The summed E-state index contributed by atoms with van der Waals surface area (Å²) in [6.45, 7) is 7.87. The average molecular weight is 362 g/mol. The van der Waals surface area contributed by atoms with Crippen LogP contribution in [0.2, 0.25) is 0 Å². The number of halogens is 1. The fraction of sp³-hybridized carbons (Fsp3) is 0.294. The van der Waals surface area contributed by atoms with E-state index in [0.29, 0.717) is 5.56 Å². The summed E-state index contributed by atoms with van der Waals surface area (Å²) in [5.41, 5.74) is 2.50. The molecule has 0 fully saturated rings. The van der Waals surface area contributed by atoms with Crippen molar-refractivity contribution in [2.75, 3.05) is 23.3 Å². The highest BCUT2D eigenvalue weighted by Gasteiger charge is 2.10. The molecule has 0 atom stereocenters. The van der Waals surface area contributed by atoms with Gasteiger partial charge in [-0.25, -0.2) is 4.98 Å². The van der Waals surface area contributed by atoms with Crippen LogP contribution in [0.4, 0.5) is 11.5 Å². The van der Waals surface area contributed by atoms with Gasteiger partial charge in [-0.05, 0) is 50.6 Å². The Kier molecular flexibility index (Phi) is 5.55. The summed E-state index contributed by atoms with van der Waals surface area (Å²) in [6, 6.07) is 9.31. The molecule has 0 aliphatic rings. The summed E-state index contributed by atoms with van der Waals surface area (Å²) >= 11 is 3.47. The second kappa shape index (κ2) is 7.40. The van der Waals surface area contributed by atoms with Crippen molar-refractivity contribution in [2.24, 2.45) is 0 Å². The van der Waals surface area contributed by atoms with Gasteiger partial charge in [-0.2, -0.15) is 0 Å². The maximum absolute atomic E-state index is 12.4. The molecule has 22 heavy (non-hydrogen) atoms. The number of pyridine rings is 1. The number of carbonyl (C=O) groups is 1. The molecule has 0 bridgehead atoms. The van der Waals surface area contributed by atoms with E-state index in [-0.39, 0.29) is 5.91 Å². The van der Waals surface area contributed by atoms with Crippen LogP contribution in [0.3, 0.4) is 0 Å². The minimum Gasteiger partial charge on any atom is -0.357 e. The van der Waals surface area contributed by atoms with E-state index in [9.17, 15) is 4.79 Å². The number of benzene rings is 1. The first-order chi connectivity index (χ1) is 10.5. The van der Waals surface area contributed by atoms with Gasteiger partial charge < -0.3 is 10.2 Å². The molecule has 1 aromatic carbocycles. The Labute approximate surface area is 139 Å². The van der Waals surface area contributed by atoms with Crippen LogP contribution in [-0.4, -0.2) is 24.0 Å². The maximum Gasteiger partial charge on any atom is 0.255 e. The molecule has 2 aromatic rings. The number of amides is 1. The minimum absolute atomic E-state index is 0.133. The van der Waals surface area contributed by atoms with Gasteiger partial charge >= 0.3 is 0 Å². The highest BCUT2D eigenvalue weighted by Crippen LogP contribution is 2.21. The van der Waals surface area contributed by atoms with E-state index in [0.717, 1.165) is 34.6 Å². The van der Waals surface area contributed by atoms with Gasteiger partial charge in [-0.1, -0.05) is 22.0 Å². The maximum atomic E-state index is 12.4. The number of anilines is 2.